The van der Waals surface area contributed by atoms with E-state index >= 15 is 0 Å². The van der Waals surface area contributed by atoms with E-state index in [2.05, 4.69) is 19.4 Å². The summed E-state index contributed by atoms with van der Waals surface area (Å²) >= 11 is 4.50. The zero-order chi connectivity index (χ0) is 19.1. The molecule has 0 radical (unpaired) electrons. The summed E-state index contributed by atoms with van der Waals surface area (Å²) < 4.78 is 6.31. The summed E-state index contributed by atoms with van der Waals surface area (Å²) in [6.07, 6.45) is 0. The zero-order valence-electron chi connectivity index (χ0n) is 13.5. The standard InChI is InChI=1S/C17H5N7S3/c1-21-11(7-20)23-12-3-9-15(26-12)17-14(24(9)2)16-10(25-17)4-13(27-16)22-8(5-18)6-19/h3-4H,2H3. The van der Waals surface area contributed by atoms with Crippen LogP contribution in [0.15, 0.2) is 22.1 Å². The third-order valence-electron chi connectivity index (χ3n) is 3.79. The van der Waals surface area contributed by atoms with Gasteiger partial charge in [0.2, 0.25) is 10.7 Å². The lowest BCUT2D eigenvalue weighted by atomic mass is 10.4. The van der Waals surface area contributed by atoms with Gasteiger partial charge in [-0.2, -0.15) is 10.5 Å². The van der Waals surface area contributed by atoms with Crippen LogP contribution in [0.25, 0.3) is 34.7 Å². The second-order valence-corrected chi connectivity index (χ2v) is 8.37. The molecule has 0 amide bonds. The molecular formula is C17H5N7S3. The van der Waals surface area contributed by atoms with Gasteiger partial charge in [-0.25, -0.2) is 10.3 Å². The second kappa shape index (κ2) is 6.32. The average Bonchev–Trinajstić information content (AvgIpc) is 3.38. The first-order valence-corrected chi connectivity index (χ1v) is 9.74. The minimum Gasteiger partial charge on any atom is -0.351 e. The predicted octanol–water partition coefficient (Wildman–Crippen LogP) is 5.26. The Balaban J connectivity index is 1.92. The van der Waals surface area contributed by atoms with Gasteiger partial charge < -0.3 is 9.41 Å². The van der Waals surface area contributed by atoms with E-state index in [1.165, 1.54) is 22.7 Å². The summed E-state index contributed by atoms with van der Waals surface area (Å²) in [7, 11) is 1.95. The van der Waals surface area contributed by atoms with Crippen LogP contribution in [-0.4, -0.2) is 16.1 Å². The SMILES string of the molecule is [C-]#[N+]C(C#N)=Nc1cc2c(s1)c1sc3cc(N=C(C#N)C#N)sc3c1n2C. The number of aliphatic imine (C=N–C) groups is 2. The molecule has 0 aliphatic heterocycles. The molecule has 0 fully saturated rings. The Kier molecular flexibility index (Phi) is 3.96. The second-order valence-electron chi connectivity index (χ2n) is 5.26. The first-order valence-electron chi connectivity index (χ1n) is 7.29. The number of hydrogen-bond donors (Lipinski definition) is 0. The number of rotatable bonds is 2. The van der Waals surface area contributed by atoms with Crippen molar-refractivity contribution in [3.8, 4) is 18.2 Å². The first-order chi connectivity index (χ1) is 13.1. The maximum Gasteiger partial charge on any atom is 0.350 e. The van der Waals surface area contributed by atoms with E-state index in [0.29, 0.717) is 10.0 Å². The fourth-order valence-electron chi connectivity index (χ4n) is 2.70. The molecule has 0 spiro atoms. The Morgan fingerprint density at radius 1 is 1.00 bits per heavy atom. The fourth-order valence-corrected chi connectivity index (χ4v) is 6.47. The number of fused-ring (bicyclic) bond motifs is 5. The molecule has 4 aromatic rings. The summed E-state index contributed by atoms with van der Waals surface area (Å²) in [5.41, 5.74) is 1.89. The van der Waals surface area contributed by atoms with Gasteiger partial charge in [0.25, 0.3) is 0 Å². The molecular weight excluding hydrogens is 398 g/mol. The summed E-state index contributed by atoms with van der Waals surface area (Å²) in [6, 6.07) is 9.08. The van der Waals surface area contributed by atoms with Crippen molar-refractivity contribution < 1.29 is 0 Å². The van der Waals surface area contributed by atoms with E-state index < -0.39 is 0 Å². The molecule has 0 unspecified atom stereocenters. The molecule has 0 aromatic carbocycles. The van der Waals surface area contributed by atoms with Crippen LogP contribution in [0.2, 0.25) is 0 Å². The monoisotopic (exact) mass is 403 g/mol. The summed E-state index contributed by atoms with van der Waals surface area (Å²) in [5, 5.41) is 27.9. The lowest BCUT2D eigenvalue weighted by Crippen LogP contribution is -1.84. The van der Waals surface area contributed by atoms with E-state index in [-0.39, 0.29) is 11.5 Å². The smallest absolute Gasteiger partial charge is 0.350 e. The Morgan fingerprint density at radius 2 is 1.70 bits per heavy atom. The van der Waals surface area contributed by atoms with E-state index in [0.717, 1.165) is 29.8 Å². The largest absolute Gasteiger partial charge is 0.351 e. The molecule has 0 aliphatic rings. The van der Waals surface area contributed by atoms with Crippen LogP contribution in [0.1, 0.15) is 0 Å². The van der Waals surface area contributed by atoms with Crippen molar-refractivity contribution >= 4 is 85.4 Å². The van der Waals surface area contributed by atoms with Crippen molar-refractivity contribution in [2.45, 2.75) is 0 Å². The van der Waals surface area contributed by atoms with Crippen LogP contribution in [0.3, 0.4) is 0 Å². The number of amidine groups is 1. The van der Waals surface area contributed by atoms with E-state index in [9.17, 15) is 0 Å². The van der Waals surface area contributed by atoms with Gasteiger partial charge in [0, 0.05) is 13.1 Å². The predicted molar refractivity (Wildman–Crippen MR) is 109 cm³/mol. The molecule has 126 valence electrons. The number of hydrogen-bond acceptors (Lipinski definition) is 8. The van der Waals surface area contributed by atoms with Gasteiger partial charge in [0.15, 0.2) is 0 Å². The van der Waals surface area contributed by atoms with Gasteiger partial charge >= 0.3 is 5.84 Å². The number of aryl methyl sites for hydroxylation is 1. The molecule has 0 N–H and O–H groups in total. The van der Waals surface area contributed by atoms with E-state index in [4.69, 9.17) is 22.4 Å². The van der Waals surface area contributed by atoms with Crippen molar-refractivity contribution in [1.29, 1.82) is 15.8 Å². The normalized spacial score (nSPS) is 11.2. The van der Waals surface area contributed by atoms with Crippen LogP contribution in [0.5, 0.6) is 0 Å². The minimum absolute atomic E-state index is 0.163. The highest BCUT2D eigenvalue weighted by Crippen LogP contribution is 2.49. The Labute approximate surface area is 164 Å². The average molecular weight is 403 g/mol. The van der Waals surface area contributed by atoms with Crippen LogP contribution >= 0.6 is 34.0 Å². The van der Waals surface area contributed by atoms with Gasteiger partial charge in [-0.05, 0) is 6.07 Å². The van der Waals surface area contributed by atoms with Gasteiger partial charge in [0.1, 0.15) is 23.2 Å². The Bertz CT molecular complexity index is 1440. The molecule has 0 aliphatic carbocycles. The van der Waals surface area contributed by atoms with Crippen molar-refractivity contribution in [3.05, 3.63) is 23.5 Å². The van der Waals surface area contributed by atoms with E-state index in [1.807, 2.05) is 19.2 Å². The maximum absolute atomic E-state index is 8.89. The van der Waals surface area contributed by atoms with E-state index in [1.54, 1.807) is 29.5 Å². The number of nitrogens with zero attached hydrogens (tertiary/aromatic N) is 7. The molecule has 27 heavy (non-hydrogen) atoms. The molecule has 4 aromatic heterocycles. The van der Waals surface area contributed by atoms with Crippen molar-refractivity contribution in [2.24, 2.45) is 17.0 Å². The molecule has 10 heteroatoms. The number of thiophene rings is 3. The van der Waals surface area contributed by atoms with Crippen molar-refractivity contribution in [3.63, 3.8) is 0 Å². The summed E-state index contributed by atoms with van der Waals surface area (Å²) in [4.78, 5) is 11.3. The molecule has 0 saturated heterocycles. The lowest BCUT2D eigenvalue weighted by Gasteiger charge is -1.93. The fraction of sp³-hybridized carbons (Fsp3) is 0.0588. The van der Waals surface area contributed by atoms with Crippen LogP contribution in [-0.2, 0) is 7.05 Å². The molecule has 4 rings (SSSR count). The van der Waals surface area contributed by atoms with Crippen LogP contribution in [0, 0.1) is 40.6 Å². The Hall–Kier alpha value is -3.54. The molecule has 0 bridgehead atoms. The van der Waals surface area contributed by atoms with Crippen molar-refractivity contribution in [2.75, 3.05) is 0 Å². The minimum atomic E-state index is -0.182. The Morgan fingerprint density at radius 3 is 2.37 bits per heavy atom. The van der Waals surface area contributed by atoms with Gasteiger partial charge in [0.05, 0.1) is 29.8 Å². The zero-order valence-corrected chi connectivity index (χ0v) is 16.0. The van der Waals surface area contributed by atoms with Gasteiger partial charge in [-0.3, -0.25) is 0 Å². The third-order valence-corrected chi connectivity index (χ3v) is 7.26. The lowest BCUT2D eigenvalue weighted by molar-refractivity contribution is 1.02. The quantitative estimate of drug-likeness (QED) is 0.259. The van der Waals surface area contributed by atoms with Gasteiger partial charge in [-0.1, -0.05) is 22.9 Å². The van der Waals surface area contributed by atoms with Crippen LogP contribution in [0.4, 0.5) is 10.0 Å². The van der Waals surface area contributed by atoms with Gasteiger partial charge in [-0.15, -0.1) is 22.7 Å². The summed E-state index contributed by atoms with van der Waals surface area (Å²) in [5.74, 6) is -0.182. The molecule has 4 heterocycles. The first kappa shape index (κ1) is 16.9. The highest BCUT2D eigenvalue weighted by molar-refractivity contribution is 7.37. The topological polar surface area (TPSA) is 105 Å². The van der Waals surface area contributed by atoms with Crippen LogP contribution < -0.4 is 0 Å². The molecule has 0 saturated carbocycles. The number of aromatic nitrogens is 1. The highest BCUT2D eigenvalue weighted by atomic mass is 32.1. The summed E-state index contributed by atoms with van der Waals surface area (Å²) in [6.45, 7) is 6.95. The number of nitriles is 3. The maximum atomic E-state index is 8.89. The van der Waals surface area contributed by atoms with Crippen molar-refractivity contribution in [1.82, 2.24) is 4.57 Å². The third kappa shape index (κ3) is 2.57. The molecule has 0 atom stereocenters. The highest BCUT2D eigenvalue weighted by Gasteiger charge is 2.20. The molecule has 7 nitrogen and oxygen atoms in total.